The van der Waals surface area contributed by atoms with Gasteiger partial charge in [-0.2, -0.15) is 5.10 Å². The highest BCUT2D eigenvalue weighted by molar-refractivity contribution is 5.80. The number of aromatic nitrogens is 3. The Morgan fingerprint density at radius 3 is 2.76 bits per heavy atom. The Balaban J connectivity index is 1.30. The number of aromatic amines is 1. The van der Waals surface area contributed by atoms with Gasteiger partial charge in [0.15, 0.2) is 11.8 Å². The molecule has 8 heteroatoms. The fourth-order valence-electron chi connectivity index (χ4n) is 3.89. The van der Waals surface area contributed by atoms with Gasteiger partial charge in [-0.1, -0.05) is 30.3 Å². The predicted octanol–water partition coefficient (Wildman–Crippen LogP) is 3.48. The largest absolute Gasteiger partial charge is 0.497 e. The third-order valence-corrected chi connectivity index (χ3v) is 5.64. The molecule has 1 aliphatic heterocycles. The molecule has 0 radical (unpaired) electrons. The van der Waals surface area contributed by atoms with Crippen LogP contribution in [0.5, 0.6) is 5.75 Å². The molecule has 33 heavy (non-hydrogen) atoms. The van der Waals surface area contributed by atoms with Crippen LogP contribution in [-0.4, -0.2) is 59.4 Å². The molecule has 3 aromatic rings. The molecule has 2 N–H and O–H groups in total. The summed E-state index contributed by atoms with van der Waals surface area (Å²) in [6.07, 6.45) is 1.10. The molecule has 0 aliphatic carbocycles. The van der Waals surface area contributed by atoms with Crippen molar-refractivity contribution in [2.24, 2.45) is 10.9 Å². The quantitative estimate of drug-likeness (QED) is 0.385. The minimum absolute atomic E-state index is 0.442. The second-order valence-corrected chi connectivity index (χ2v) is 8.11. The second-order valence-electron chi connectivity index (χ2n) is 8.11. The summed E-state index contributed by atoms with van der Waals surface area (Å²) in [7, 11) is 1.65. The maximum Gasteiger partial charge on any atom is 0.194 e. The van der Waals surface area contributed by atoms with Crippen LogP contribution in [0.3, 0.4) is 0 Å². The van der Waals surface area contributed by atoms with Crippen molar-refractivity contribution < 1.29 is 9.47 Å². The fourth-order valence-corrected chi connectivity index (χ4v) is 3.89. The summed E-state index contributed by atoms with van der Waals surface area (Å²) in [5, 5.41) is 10.8. The Morgan fingerprint density at radius 2 is 2.00 bits per heavy atom. The maximum absolute atomic E-state index is 5.96. The van der Waals surface area contributed by atoms with Gasteiger partial charge in [0.05, 0.1) is 20.3 Å². The zero-order valence-electron chi connectivity index (χ0n) is 19.3. The van der Waals surface area contributed by atoms with E-state index in [-0.39, 0.29) is 0 Å². The van der Waals surface area contributed by atoms with E-state index in [1.54, 1.807) is 7.11 Å². The van der Waals surface area contributed by atoms with Gasteiger partial charge in [0.2, 0.25) is 0 Å². The van der Waals surface area contributed by atoms with Crippen molar-refractivity contribution in [3.8, 4) is 17.1 Å². The van der Waals surface area contributed by atoms with Crippen molar-refractivity contribution in [1.82, 2.24) is 25.4 Å². The summed E-state index contributed by atoms with van der Waals surface area (Å²) >= 11 is 0. The highest BCUT2D eigenvalue weighted by atomic mass is 16.5. The molecule has 0 amide bonds. The van der Waals surface area contributed by atoms with Crippen molar-refractivity contribution in [2.75, 3.05) is 33.4 Å². The van der Waals surface area contributed by atoms with Crippen molar-refractivity contribution in [2.45, 2.75) is 26.5 Å². The van der Waals surface area contributed by atoms with Crippen LogP contribution in [0, 0.1) is 5.92 Å². The summed E-state index contributed by atoms with van der Waals surface area (Å²) in [4.78, 5) is 11.7. The normalized spacial score (nSPS) is 16.2. The Morgan fingerprint density at radius 1 is 1.18 bits per heavy atom. The molecule has 0 saturated carbocycles. The van der Waals surface area contributed by atoms with Gasteiger partial charge < -0.3 is 19.7 Å². The van der Waals surface area contributed by atoms with Crippen LogP contribution in [0.25, 0.3) is 11.4 Å². The van der Waals surface area contributed by atoms with Gasteiger partial charge >= 0.3 is 0 Å². The number of likely N-dealkylation sites (tertiary alicyclic amines) is 1. The van der Waals surface area contributed by atoms with Gasteiger partial charge in [-0.15, -0.1) is 0 Å². The van der Waals surface area contributed by atoms with E-state index in [2.05, 4.69) is 44.5 Å². The standard InChI is InChI=1S/C25H32N6O2/c1-3-26-25(31-14-13-20(16-31)18-33-17-19-7-5-4-6-8-19)27-15-23-28-24(30-29-23)21-9-11-22(32-2)12-10-21/h4-12,20H,3,13-18H2,1-2H3,(H,26,27)(H,28,29,30). The zero-order chi connectivity index (χ0) is 22.9. The Labute approximate surface area is 195 Å². The van der Waals surface area contributed by atoms with Crippen molar-refractivity contribution in [1.29, 1.82) is 0 Å². The lowest BCUT2D eigenvalue weighted by Gasteiger charge is -2.21. The molecule has 2 aromatic carbocycles. The first kappa shape index (κ1) is 22.8. The molecule has 1 aromatic heterocycles. The minimum Gasteiger partial charge on any atom is -0.497 e. The first-order valence-corrected chi connectivity index (χ1v) is 11.5. The summed E-state index contributed by atoms with van der Waals surface area (Å²) in [6, 6.07) is 18.0. The fraction of sp³-hybridized carbons (Fsp3) is 0.400. The highest BCUT2D eigenvalue weighted by Gasteiger charge is 2.25. The Kier molecular flexibility index (Phi) is 7.92. The van der Waals surface area contributed by atoms with E-state index in [1.807, 2.05) is 42.5 Å². The number of aliphatic imine (C=N–C) groups is 1. The molecule has 2 heterocycles. The number of hydrogen-bond acceptors (Lipinski definition) is 5. The lowest BCUT2D eigenvalue weighted by Crippen LogP contribution is -2.40. The number of hydrogen-bond donors (Lipinski definition) is 2. The van der Waals surface area contributed by atoms with E-state index in [0.717, 1.165) is 55.8 Å². The first-order valence-electron chi connectivity index (χ1n) is 11.5. The SMILES string of the molecule is CCNC(=NCc1nc(-c2ccc(OC)cc2)n[nH]1)N1CCC(COCc2ccccc2)C1. The molecule has 174 valence electrons. The van der Waals surface area contributed by atoms with E-state index in [0.29, 0.717) is 24.9 Å². The van der Waals surface area contributed by atoms with Crippen LogP contribution in [-0.2, 0) is 17.9 Å². The lowest BCUT2D eigenvalue weighted by molar-refractivity contribution is 0.0906. The molecular formula is C25H32N6O2. The van der Waals surface area contributed by atoms with Crippen LogP contribution in [0.4, 0.5) is 0 Å². The maximum atomic E-state index is 5.96. The third-order valence-electron chi connectivity index (χ3n) is 5.64. The number of benzene rings is 2. The zero-order valence-corrected chi connectivity index (χ0v) is 19.3. The van der Waals surface area contributed by atoms with E-state index in [1.165, 1.54) is 5.56 Å². The molecule has 1 atom stereocenters. The number of nitrogens with one attached hydrogen (secondary N) is 2. The summed E-state index contributed by atoms with van der Waals surface area (Å²) < 4.78 is 11.2. The monoisotopic (exact) mass is 448 g/mol. The molecule has 1 saturated heterocycles. The van der Waals surface area contributed by atoms with Gasteiger partial charge in [0.1, 0.15) is 18.1 Å². The van der Waals surface area contributed by atoms with Crippen LogP contribution in [0.2, 0.25) is 0 Å². The lowest BCUT2D eigenvalue weighted by atomic mass is 10.1. The van der Waals surface area contributed by atoms with E-state index in [4.69, 9.17) is 14.5 Å². The Bertz CT molecular complexity index is 1020. The second kappa shape index (κ2) is 11.5. The summed E-state index contributed by atoms with van der Waals surface area (Å²) in [5.41, 5.74) is 2.15. The molecule has 1 unspecified atom stereocenters. The third kappa shape index (κ3) is 6.32. The number of rotatable bonds is 9. The predicted molar refractivity (Wildman–Crippen MR) is 129 cm³/mol. The van der Waals surface area contributed by atoms with Gasteiger partial charge in [0, 0.05) is 31.1 Å². The number of nitrogens with zero attached hydrogens (tertiary/aromatic N) is 4. The molecule has 0 spiro atoms. The summed E-state index contributed by atoms with van der Waals surface area (Å²) in [5.74, 6) is 3.61. The van der Waals surface area contributed by atoms with Crippen LogP contribution in [0.1, 0.15) is 24.7 Å². The number of H-pyrrole nitrogens is 1. The van der Waals surface area contributed by atoms with Crippen LogP contribution in [0.15, 0.2) is 59.6 Å². The van der Waals surface area contributed by atoms with Crippen molar-refractivity contribution >= 4 is 5.96 Å². The van der Waals surface area contributed by atoms with Crippen LogP contribution >= 0.6 is 0 Å². The molecule has 0 bridgehead atoms. The Hall–Kier alpha value is -3.39. The van der Waals surface area contributed by atoms with Gasteiger partial charge in [-0.25, -0.2) is 9.98 Å². The van der Waals surface area contributed by atoms with Crippen molar-refractivity contribution in [3.05, 3.63) is 66.0 Å². The van der Waals surface area contributed by atoms with Gasteiger partial charge in [-0.3, -0.25) is 5.10 Å². The van der Waals surface area contributed by atoms with Crippen LogP contribution < -0.4 is 10.1 Å². The summed E-state index contributed by atoms with van der Waals surface area (Å²) in [6.45, 7) is 6.68. The first-order chi connectivity index (χ1) is 16.2. The molecule has 1 aliphatic rings. The van der Waals surface area contributed by atoms with Gasteiger partial charge in [-0.05, 0) is 43.2 Å². The molecular weight excluding hydrogens is 416 g/mol. The minimum atomic E-state index is 0.442. The van der Waals surface area contributed by atoms with E-state index < -0.39 is 0 Å². The molecule has 4 rings (SSSR count). The smallest absolute Gasteiger partial charge is 0.194 e. The number of ether oxygens (including phenoxy) is 2. The van der Waals surface area contributed by atoms with E-state index in [9.17, 15) is 0 Å². The highest BCUT2D eigenvalue weighted by Crippen LogP contribution is 2.20. The number of guanidine groups is 1. The molecule has 1 fully saturated rings. The number of methoxy groups -OCH3 is 1. The molecule has 8 nitrogen and oxygen atoms in total. The van der Waals surface area contributed by atoms with Crippen molar-refractivity contribution in [3.63, 3.8) is 0 Å². The topological polar surface area (TPSA) is 87.7 Å². The average molecular weight is 449 g/mol. The average Bonchev–Trinajstić information content (AvgIpc) is 3.53. The van der Waals surface area contributed by atoms with E-state index >= 15 is 0 Å². The van der Waals surface area contributed by atoms with Gasteiger partial charge in [0.25, 0.3) is 0 Å².